The zero-order chi connectivity index (χ0) is 5.86. The quantitative estimate of drug-likeness (QED) is 0.341. The predicted octanol–water partition coefficient (Wildman–Crippen LogP) is -3.09. The second kappa shape index (κ2) is 6.08. The second-order valence-electron chi connectivity index (χ2n) is 1.36. The van der Waals surface area contributed by atoms with Gasteiger partial charge in [0.15, 0.2) is 0 Å². The van der Waals surface area contributed by atoms with Gasteiger partial charge in [0.25, 0.3) is 0 Å². The summed E-state index contributed by atoms with van der Waals surface area (Å²) in [5.41, 5.74) is 0. The summed E-state index contributed by atoms with van der Waals surface area (Å²) in [5, 5.41) is 9.67. The predicted molar refractivity (Wildman–Crippen MR) is 28.0 cm³/mol. The van der Waals surface area contributed by atoms with E-state index < -0.39 is 5.97 Å². The van der Waals surface area contributed by atoms with Crippen LogP contribution >= 0.6 is 15.9 Å². The van der Waals surface area contributed by atoms with Crippen molar-refractivity contribution in [2.24, 2.45) is 0 Å². The van der Waals surface area contributed by atoms with Crippen molar-refractivity contribution < 1.29 is 39.5 Å². The Kier molecular flexibility index (Phi) is 8.89. The Hall–Kier alpha value is 0.950. The van der Waals surface area contributed by atoms with Gasteiger partial charge in [0.2, 0.25) is 0 Å². The number of rotatable bonds is 2. The maximum atomic E-state index is 9.67. The van der Waals surface area contributed by atoms with Gasteiger partial charge in [0.05, 0.1) is 0 Å². The van der Waals surface area contributed by atoms with Crippen molar-refractivity contribution in [2.45, 2.75) is 18.2 Å². The van der Waals surface area contributed by atoms with E-state index in [4.69, 9.17) is 0 Å². The zero-order valence-electron chi connectivity index (χ0n) is 4.98. The van der Waals surface area contributed by atoms with Gasteiger partial charge in [-0.25, -0.2) is 0 Å². The Morgan fingerprint density at radius 3 is 2.25 bits per heavy atom. The molecule has 0 aliphatic carbocycles. The van der Waals surface area contributed by atoms with E-state index >= 15 is 0 Å². The van der Waals surface area contributed by atoms with Crippen LogP contribution in [0.1, 0.15) is 13.3 Å². The summed E-state index contributed by atoms with van der Waals surface area (Å²) in [5.74, 6) is -1.01. The summed E-state index contributed by atoms with van der Waals surface area (Å²) in [7, 11) is 0. The minimum Gasteiger partial charge on any atom is -0.550 e. The normalized spacial score (nSPS) is 11.8. The average molecular weight is 189 g/mol. The number of carboxylic acids is 1. The molecule has 0 unspecified atom stereocenters. The van der Waals surface area contributed by atoms with Gasteiger partial charge in [0.1, 0.15) is 0 Å². The molecule has 0 aromatic carbocycles. The third-order valence-corrected chi connectivity index (χ3v) is 0.772. The minimum absolute atomic E-state index is 0. The van der Waals surface area contributed by atoms with E-state index in [0.717, 1.165) is 0 Å². The number of hydrogen-bond donors (Lipinski definition) is 0. The molecule has 8 heavy (non-hydrogen) atoms. The maximum Gasteiger partial charge on any atom is 1.00 e. The largest absolute Gasteiger partial charge is 1.00 e. The standard InChI is InChI=1S/C4H7BrO2.Na/c1-3(5)2-4(6)7;/h3H,2H2,1H3,(H,6,7);/q;+1/p-1/t3-;/m1./s1. The van der Waals surface area contributed by atoms with Crippen molar-refractivity contribution in [2.75, 3.05) is 0 Å². The van der Waals surface area contributed by atoms with Crippen molar-refractivity contribution in [1.29, 1.82) is 0 Å². The van der Waals surface area contributed by atoms with E-state index in [-0.39, 0.29) is 40.8 Å². The molecule has 42 valence electrons. The molecule has 0 spiro atoms. The summed E-state index contributed by atoms with van der Waals surface area (Å²) in [4.78, 5) is 9.69. The van der Waals surface area contributed by atoms with E-state index in [2.05, 4.69) is 15.9 Å². The van der Waals surface area contributed by atoms with Gasteiger partial charge in [-0.2, -0.15) is 0 Å². The number of alkyl halides is 1. The molecule has 0 bridgehead atoms. The molecule has 0 saturated heterocycles. The number of carbonyl (C=O) groups is 1. The van der Waals surface area contributed by atoms with Crippen LogP contribution in [0, 0.1) is 0 Å². The Morgan fingerprint density at radius 1 is 1.88 bits per heavy atom. The molecular weight excluding hydrogens is 183 g/mol. The van der Waals surface area contributed by atoms with E-state index in [1.54, 1.807) is 6.92 Å². The zero-order valence-corrected chi connectivity index (χ0v) is 8.56. The molecule has 0 aromatic heterocycles. The van der Waals surface area contributed by atoms with Gasteiger partial charge in [-0.05, 0) is 6.42 Å². The topological polar surface area (TPSA) is 40.1 Å². The Bertz CT molecular complexity index is 74.4. The molecule has 0 amide bonds. The minimum atomic E-state index is -1.01. The first-order chi connectivity index (χ1) is 3.13. The molecule has 0 radical (unpaired) electrons. The van der Waals surface area contributed by atoms with Gasteiger partial charge in [-0.3, -0.25) is 0 Å². The fraction of sp³-hybridized carbons (Fsp3) is 0.750. The summed E-state index contributed by atoms with van der Waals surface area (Å²) < 4.78 is 0. The summed E-state index contributed by atoms with van der Waals surface area (Å²) in [6, 6.07) is 0. The van der Waals surface area contributed by atoms with Gasteiger partial charge in [0, 0.05) is 10.8 Å². The molecule has 0 saturated carbocycles. The Labute approximate surface area is 79.1 Å². The number of halogens is 1. The van der Waals surface area contributed by atoms with Gasteiger partial charge >= 0.3 is 29.6 Å². The van der Waals surface area contributed by atoms with Crippen molar-refractivity contribution >= 4 is 21.9 Å². The summed E-state index contributed by atoms with van der Waals surface area (Å²) in [6.07, 6.45) is 0.0833. The van der Waals surface area contributed by atoms with E-state index in [1.807, 2.05) is 0 Å². The average Bonchev–Trinajstić information content (AvgIpc) is 1.27. The molecular formula is C4H6BrNaO2. The van der Waals surface area contributed by atoms with E-state index in [9.17, 15) is 9.90 Å². The SMILES string of the molecule is C[C@@H](Br)CC(=O)[O-].[Na+]. The third-order valence-electron chi connectivity index (χ3n) is 0.448. The molecule has 2 nitrogen and oxygen atoms in total. The molecule has 0 aliphatic heterocycles. The summed E-state index contributed by atoms with van der Waals surface area (Å²) in [6.45, 7) is 1.76. The second-order valence-corrected chi connectivity index (χ2v) is 2.92. The first-order valence-corrected chi connectivity index (χ1v) is 2.88. The molecule has 4 heteroatoms. The molecule has 0 aliphatic rings. The Morgan fingerprint density at radius 2 is 2.25 bits per heavy atom. The van der Waals surface area contributed by atoms with Crippen LogP contribution in [0.2, 0.25) is 0 Å². The first kappa shape index (κ1) is 11.7. The molecule has 0 rings (SSSR count). The smallest absolute Gasteiger partial charge is 0.550 e. The molecule has 0 heterocycles. The number of aliphatic carboxylic acids is 1. The fourth-order valence-electron chi connectivity index (χ4n) is 0.230. The van der Waals surface area contributed by atoms with Crippen LogP contribution in [0.15, 0.2) is 0 Å². The van der Waals surface area contributed by atoms with E-state index in [1.165, 1.54) is 0 Å². The summed E-state index contributed by atoms with van der Waals surface area (Å²) >= 11 is 3.05. The van der Waals surface area contributed by atoms with Crippen LogP contribution in [0.25, 0.3) is 0 Å². The van der Waals surface area contributed by atoms with Crippen LogP contribution in [-0.4, -0.2) is 10.8 Å². The van der Waals surface area contributed by atoms with Gasteiger partial charge in [-0.15, -0.1) is 0 Å². The molecule has 1 atom stereocenters. The Balaban J connectivity index is 0. The van der Waals surface area contributed by atoms with Crippen molar-refractivity contribution in [3.8, 4) is 0 Å². The van der Waals surface area contributed by atoms with E-state index in [0.29, 0.717) is 0 Å². The van der Waals surface area contributed by atoms with Crippen LogP contribution < -0.4 is 34.7 Å². The van der Waals surface area contributed by atoms with Crippen LogP contribution in [0.5, 0.6) is 0 Å². The third kappa shape index (κ3) is 10.0. The van der Waals surface area contributed by atoms with Crippen LogP contribution in [-0.2, 0) is 4.79 Å². The van der Waals surface area contributed by atoms with Crippen molar-refractivity contribution in [1.82, 2.24) is 0 Å². The fourth-order valence-corrected chi connectivity index (χ4v) is 0.494. The molecule has 0 N–H and O–H groups in total. The van der Waals surface area contributed by atoms with Crippen LogP contribution in [0.3, 0.4) is 0 Å². The van der Waals surface area contributed by atoms with Crippen molar-refractivity contribution in [3.63, 3.8) is 0 Å². The maximum absolute atomic E-state index is 9.67. The number of carboxylic acid groups (broad SMARTS) is 1. The number of carbonyl (C=O) groups excluding carboxylic acids is 1. The van der Waals surface area contributed by atoms with Crippen molar-refractivity contribution in [3.05, 3.63) is 0 Å². The monoisotopic (exact) mass is 188 g/mol. The molecule has 0 aromatic rings. The van der Waals surface area contributed by atoms with Gasteiger partial charge in [-0.1, -0.05) is 22.9 Å². The van der Waals surface area contributed by atoms with Gasteiger partial charge < -0.3 is 9.90 Å². The number of hydrogen-bond acceptors (Lipinski definition) is 2. The van der Waals surface area contributed by atoms with Crippen LogP contribution in [0.4, 0.5) is 0 Å². The first-order valence-electron chi connectivity index (χ1n) is 1.97. The molecule has 0 fully saturated rings.